The Bertz CT molecular complexity index is 664. The zero-order valence-electron chi connectivity index (χ0n) is 12.4. The van der Waals surface area contributed by atoms with Crippen LogP contribution in [0.4, 0.5) is 10.6 Å². The molecular weight excluding hydrogens is 310 g/mol. The van der Waals surface area contributed by atoms with E-state index < -0.39 is 11.7 Å². The smallest absolute Gasteiger partial charge is 0.413 e. The molecule has 2 aromatic rings. The van der Waals surface area contributed by atoms with Gasteiger partial charge in [0.1, 0.15) is 16.3 Å². The van der Waals surface area contributed by atoms with Crippen molar-refractivity contribution in [2.45, 2.75) is 38.3 Å². The molecule has 0 spiro atoms. The van der Waals surface area contributed by atoms with Gasteiger partial charge in [-0.2, -0.15) is 0 Å². The molecule has 0 bridgehead atoms. The van der Waals surface area contributed by atoms with Crippen molar-refractivity contribution in [1.82, 2.24) is 9.38 Å². The molecule has 0 aliphatic carbocycles. The first-order chi connectivity index (χ1) is 9.80. The lowest BCUT2D eigenvalue weighted by atomic mass is 10.2. The van der Waals surface area contributed by atoms with Gasteiger partial charge in [0.2, 0.25) is 0 Å². The fraction of sp³-hybridized carbons (Fsp3) is 0.429. The van der Waals surface area contributed by atoms with Crippen LogP contribution in [0.1, 0.15) is 27.7 Å². The summed E-state index contributed by atoms with van der Waals surface area (Å²) in [5, 5.41) is 4.15. The van der Waals surface area contributed by atoms with E-state index in [0.717, 1.165) is 16.4 Å². The molecule has 0 saturated heterocycles. The van der Waals surface area contributed by atoms with Crippen molar-refractivity contribution < 1.29 is 9.53 Å². The predicted molar refractivity (Wildman–Crippen MR) is 86.5 cm³/mol. The lowest BCUT2D eigenvalue weighted by molar-refractivity contribution is 0.0635. The number of hydrogen-bond acceptors (Lipinski definition) is 4. The van der Waals surface area contributed by atoms with Crippen LogP contribution in [-0.2, 0) is 4.74 Å². The Balaban J connectivity index is 2.34. The van der Waals surface area contributed by atoms with E-state index in [0.29, 0.717) is 10.8 Å². The number of halogens is 1. The third kappa shape index (κ3) is 4.04. The molecule has 0 atom stereocenters. The van der Waals surface area contributed by atoms with E-state index in [1.165, 1.54) is 0 Å². The zero-order chi connectivity index (χ0) is 15.6. The number of amides is 1. The summed E-state index contributed by atoms with van der Waals surface area (Å²) in [6.07, 6.45) is 1.26. The van der Waals surface area contributed by atoms with Crippen LogP contribution >= 0.6 is 23.4 Å². The first kappa shape index (κ1) is 16.0. The summed E-state index contributed by atoms with van der Waals surface area (Å²) in [6, 6.07) is 3.57. The van der Waals surface area contributed by atoms with Crippen LogP contribution in [0.3, 0.4) is 0 Å². The van der Waals surface area contributed by atoms with Crippen molar-refractivity contribution >= 4 is 40.9 Å². The van der Waals surface area contributed by atoms with Gasteiger partial charge in [0, 0.05) is 6.20 Å². The average Bonchev–Trinajstić information content (AvgIpc) is 2.65. The number of thioether (sulfide) groups is 1. The number of ether oxygens (including phenoxy) is 1. The number of nitrogens with one attached hydrogen (secondary N) is 1. The Labute approximate surface area is 133 Å². The fourth-order valence-corrected chi connectivity index (χ4v) is 2.71. The van der Waals surface area contributed by atoms with Crippen molar-refractivity contribution in [3.05, 3.63) is 23.4 Å². The van der Waals surface area contributed by atoms with Crippen LogP contribution < -0.4 is 5.32 Å². The molecule has 5 nitrogen and oxygen atoms in total. The number of aromatic nitrogens is 2. The quantitative estimate of drug-likeness (QED) is 0.846. The number of rotatable bonds is 3. The molecule has 114 valence electrons. The van der Waals surface area contributed by atoms with E-state index in [1.807, 2.05) is 38.2 Å². The van der Waals surface area contributed by atoms with E-state index in [2.05, 4.69) is 10.3 Å². The molecule has 2 rings (SSSR count). The maximum absolute atomic E-state index is 11.9. The van der Waals surface area contributed by atoms with Crippen molar-refractivity contribution in [2.75, 3.05) is 11.1 Å². The van der Waals surface area contributed by atoms with Crippen LogP contribution in [0, 0.1) is 0 Å². The average molecular weight is 328 g/mol. The Morgan fingerprint density at radius 2 is 2.19 bits per heavy atom. The Morgan fingerprint density at radius 1 is 1.48 bits per heavy atom. The number of carbonyl (C=O) groups excluding carboxylic acids is 1. The minimum Gasteiger partial charge on any atom is -0.444 e. The molecule has 0 aliphatic rings. The van der Waals surface area contributed by atoms with Crippen molar-refractivity contribution in [3.63, 3.8) is 0 Å². The molecule has 0 saturated carbocycles. The first-order valence-electron chi connectivity index (χ1n) is 6.60. The number of imidazole rings is 1. The van der Waals surface area contributed by atoms with Crippen molar-refractivity contribution in [1.29, 1.82) is 0 Å². The molecule has 0 aromatic carbocycles. The second-order valence-corrected chi connectivity index (χ2v) is 7.09. The van der Waals surface area contributed by atoms with E-state index in [4.69, 9.17) is 16.3 Å². The third-order valence-electron chi connectivity index (χ3n) is 2.44. The zero-order valence-corrected chi connectivity index (χ0v) is 14.0. The predicted octanol–water partition coefficient (Wildman–Crippen LogP) is 4.45. The van der Waals surface area contributed by atoms with E-state index in [9.17, 15) is 4.79 Å². The Morgan fingerprint density at radius 3 is 2.81 bits per heavy atom. The standard InChI is InChI=1S/C14H18ClN3O2S/c1-5-21-12-11(17-13(19)20-14(2,3)4)16-10-7-6-9(15)8-18(10)12/h6-8H,5H2,1-4H3,(H,17,19). The van der Waals surface area contributed by atoms with E-state index in [-0.39, 0.29) is 0 Å². The molecule has 7 heteroatoms. The highest BCUT2D eigenvalue weighted by Gasteiger charge is 2.20. The summed E-state index contributed by atoms with van der Waals surface area (Å²) in [4.78, 5) is 16.3. The maximum Gasteiger partial charge on any atom is 0.413 e. The Kier molecular flexibility index (Phi) is 4.68. The third-order valence-corrected chi connectivity index (χ3v) is 3.61. The number of carbonyl (C=O) groups is 1. The lowest BCUT2D eigenvalue weighted by Crippen LogP contribution is -2.27. The van der Waals surface area contributed by atoms with Crippen LogP contribution in [0.25, 0.3) is 5.65 Å². The number of hydrogen-bond donors (Lipinski definition) is 1. The highest BCUT2D eigenvalue weighted by Crippen LogP contribution is 2.29. The molecule has 2 heterocycles. The number of nitrogens with zero attached hydrogens (tertiary/aromatic N) is 2. The number of pyridine rings is 1. The normalized spacial score (nSPS) is 11.7. The summed E-state index contributed by atoms with van der Waals surface area (Å²) >= 11 is 7.60. The van der Waals surface area contributed by atoms with Crippen molar-refractivity contribution in [2.24, 2.45) is 0 Å². The van der Waals surface area contributed by atoms with Crippen LogP contribution in [0.15, 0.2) is 23.4 Å². The summed E-state index contributed by atoms with van der Waals surface area (Å²) in [7, 11) is 0. The molecule has 1 N–H and O–H groups in total. The molecule has 0 radical (unpaired) electrons. The second kappa shape index (κ2) is 6.15. The van der Waals surface area contributed by atoms with Gasteiger partial charge >= 0.3 is 6.09 Å². The number of fused-ring (bicyclic) bond motifs is 1. The van der Waals surface area contributed by atoms with E-state index in [1.54, 1.807) is 24.0 Å². The van der Waals surface area contributed by atoms with Gasteiger partial charge in [0.25, 0.3) is 0 Å². The second-order valence-electron chi connectivity index (χ2n) is 5.40. The SMILES string of the molecule is CCSc1c(NC(=O)OC(C)(C)C)nc2ccc(Cl)cn12. The molecule has 1 amide bonds. The van der Waals surface area contributed by atoms with Gasteiger partial charge < -0.3 is 4.74 Å². The highest BCUT2D eigenvalue weighted by molar-refractivity contribution is 7.99. The largest absolute Gasteiger partial charge is 0.444 e. The van der Waals surface area contributed by atoms with Gasteiger partial charge in [-0.15, -0.1) is 11.8 Å². The summed E-state index contributed by atoms with van der Waals surface area (Å²) < 4.78 is 7.12. The van der Waals surface area contributed by atoms with Gasteiger partial charge in [-0.3, -0.25) is 9.72 Å². The summed E-state index contributed by atoms with van der Waals surface area (Å²) in [5.74, 6) is 1.34. The molecule has 0 fully saturated rings. The monoisotopic (exact) mass is 327 g/mol. The Hall–Kier alpha value is -1.40. The minimum absolute atomic E-state index is 0.485. The van der Waals surface area contributed by atoms with Gasteiger partial charge in [-0.1, -0.05) is 18.5 Å². The van der Waals surface area contributed by atoms with Gasteiger partial charge in [0.15, 0.2) is 5.82 Å². The van der Waals surface area contributed by atoms with Crippen LogP contribution in [0.5, 0.6) is 0 Å². The highest BCUT2D eigenvalue weighted by atomic mass is 35.5. The summed E-state index contributed by atoms with van der Waals surface area (Å²) in [6.45, 7) is 7.49. The van der Waals surface area contributed by atoms with Gasteiger partial charge in [-0.25, -0.2) is 9.78 Å². The van der Waals surface area contributed by atoms with Crippen molar-refractivity contribution in [3.8, 4) is 0 Å². The van der Waals surface area contributed by atoms with E-state index >= 15 is 0 Å². The van der Waals surface area contributed by atoms with Gasteiger partial charge in [-0.05, 0) is 38.7 Å². The lowest BCUT2D eigenvalue weighted by Gasteiger charge is -2.19. The fourth-order valence-electron chi connectivity index (χ4n) is 1.75. The molecule has 21 heavy (non-hydrogen) atoms. The minimum atomic E-state index is -0.551. The maximum atomic E-state index is 11.9. The first-order valence-corrected chi connectivity index (χ1v) is 7.97. The summed E-state index contributed by atoms with van der Waals surface area (Å²) in [5.41, 5.74) is 0.173. The molecule has 0 aliphatic heterocycles. The van der Waals surface area contributed by atoms with Crippen LogP contribution in [0.2, 0.25) is 5.02 Å². The molecule has 2 aromatic heterocycles. The molecular formula is C14H18ClN3O2S. The molecule has 0 unspecified atom stereocenters. The van der Waals surface area contributed by atoms with Gasteiger partial charge in [0.05, 0.1) is 5.02 Å². The van der Waals surface area contributed by atoms with Crippen LogP contribution in [-0.4, -0.2) is 26.8 Å². The number of anilines is 1. The topological polar surface area (TPSA) is 55.6 Å².